The number of nitriles is 1. The molecule has 2 aromatic rings. The van der Waals surface area contributed by atoms with Crippen molar-refractivity contribution in [1.29, 1.82) is 5.26 Å². The lowest BCUT2D eigenvalue weighted by Crippen LogP contribution is -2.37. The van der Waals surface area contributed by atoms with Gasteiger partial charge in [0.2, 0.25) is 5.91 Å². The second-order valence-electron chi connectivity index (χ2n) is 6.41. The summed E-state index contributed by atoms with van der Waals surface area (Å²) in [6.07, 6.45) is 1.86. The molecule has 1 amide bonds. The van der Waals surface area contributed by atoms with Crippen LogP contribution in [0.5, 0.6) is 0 Å². The highest BCUT2D eigenvalue weighted by molar-refractivity contribution is 6.12. The number of carbonyl (C=O) groups is 2. The zero-order valence-corrected chi connectivity index (χ0v) is 14.5. The first kappa shape index (κ1) is 17.0. The van der Waals surface area contributed by atoms with E-state index < -0.39 is 11.7 Å². The lowest BCUT2D eigenvalue weighted by atomic mass is 9.97. The largest absolute Gasteiger partial charge is 0.341 e. The van der Waals surface area contributed by atoms with E-state index in [-0.39, 0.29) is 5.91 Å². The van der Waals surface area contributed by atoms with Crippen LogP contribution in [0.15, 0.2) is 36.4 Å². The number of amides is 1. The Morgan fingerprint density at radius 3 is 2.36 bits per heavy atom. The molecule has 5 nitrogen and oxygen atoms in total. The van der Waals surface area contributed by atoms with Crippen LogP contribution in [0.2, 0.25) is 0 Å². The van der Waals surface area contributed by atoms with E-state index >= 15 is 0 Å². The Morgan fingerprint density at radius 1 is 1.12 bits per heavy atom. The maximum absolute atomic E-state index is 12.9. The third kappa shape index (κ3) is 3.08. The van der Waals surface area contributed by atoms with Gasteiger partial charge in [0.05, 0.1) is 6.07 Å². The number of carbonyl (C=O) groups excluding carboxylic acids is 2. The van der Waals surface area contributed by atoms with E-state index in [4.69, 9.17) is 0 Å². The molecule has 1 atom stereocenters. The summed E-state index contributed by atoms with van der Waals surface area (Å²) in [5.41, 5.74) is 3.05. The SMILES string of the molecule is Cc1cc(C(=O)[C@@H](C#N)C(=O)N2CCCC2)c(C)n1-c1ccccc1. The number of aryl methyl sites for hydroxylation is 1. The zero-order valence-electron chi connectivity index (χ0n) is 14.5. The molecular formula is C20H21N3O2. The Morgan fingerprint density at radius 2 is 1.76 bits per heavy atom. The van der Waals surface area contributed by atoms with Crippen molar-refractivity contribution in [3.63, 3.8) is 0 Å². The van der Waals surface area contributed by atoms with Gasteiger partial charge in [0.1, 0.15) is 0 Å². The van der Waals surface area contributed by atoms with Crippen molar-refractivity contribution in [2.45, 2.75) is 26.7 Å². The van der Waals surface area contributed by atoms with Gasteiger partial charge in [-0.1, -0.05) is 18.2 Å². The molecule has 5 heteroatoms. The number of likely N-dealkylation sites (tertiary alicyclic amines) is 1. The summed E-state index contributed by atoms with van der Waals surface area (Å²) < 4.78 is 1.97. The van der Waals surface area contributed by atoms with Crippen LogP contribution >= 0.6 is 0 Å². The second-order valence-corrected chi connectivity index (χ2v) is 6.41. The van der Waals surface area contributed by atoms with E-state index in [0.29, 0.717) is 18.7 Å². The van der Waals surface area contributed by atoms with Crippen molar-refractivity contribution < 1.29 is 9.59 Å². The molecule has 1 saturated heterocycles. The van der Waals surface area contributed by atoms with Crippen LogP contribution in [0, 0.1) is 31.1 Å². The van der Waals surface area contributed by atoms with E-state index in [2.05, 4.69) is 0 Å². The lowest BCUT2D eigenvalue weighted by molar-refractivity contribution is -0.131. The molecule has 1 aliphatic heterocycles. The Kier molecular flexibility index (Phi) is 4.71. The fourth-order valence-corrected chi connectivity index (χ4v) is 3.49. The average Bonchev–Trinajstić information content (AvgIpc) is 3.24. The number of para-hydroxylation sites is 1. The molecule has 0 radical (unpaired) electrons. The quantitative estimate of drug-likeness (QED) is 0.637. The molecule has 0 unspecified atom stereocenters. The Labute approximate surface area is 147 Å². The summed E-state index contributed by atoms with van der Waals surface area (Å²) in [4.78, 5) is 27.1. The summed E-state index contributed by atoms with van der Waals surface area (Å²) in [5.74, 6) is -2.04. The number of Topliss-reactive ketones (excluding diaryl/α,β-unsaturated/α-hetero) is 1. The fourth-order valence-electron chi connectivity index (χ4n) is 3.49. The van der Waals surface area contributed by atoms with Gasteiger partial charge >= 0.3 is 0 Å². The van der Waals surface area contributed by atoms with Crippen molar-refractivity contribution in [2.24, 2.45) is 5.92 Å². The molecular weight excluding hydrogens is 314 g/mol. The van der Waals surface area contributed by atoms with Crippen LogP contribution in [0.3, 0.4) is 0 Å². The minimum Gasteiger partial charge on any atom is -0.341 e. The molecule has 1 fully saturated rings. The van der Waals surface area contributed by atoms with Crippen molar-refractivity contribution >= 4 is 11.7 Å². The van der Waals surface area contributed by atoms with Crippen LogP contribution in [0.1, 0.15) is 34.6 Å². The molecule has 128 valence electrons. The van der Waals surface area contributed by atoms with Crippen molar-refractivity contribution in [1.82, 2.24) is 9.47 Å². The third-order valence-corrected chi connectivity index (χ3v) is 4.77. The lowest BCUT2D eigenvalue weighted by Gasteiger charge is -2.18. The highest BCUT2D eigenvalue weighted by atomic mass is 16.2. The normalized spacial score (nSPS) is 15.0. The highest BCUT2D eigenvalue weighted by Crippen LogP contribution is 2.24. The van der Waals surface area contributed by atoms with Gasteiger partial charge in [-0.2, -0.15) is 5.26 Å². The predicted octanol–water partition coefficient (Wildman–Crippen LogP) is 3.04. The summed E-state index contributed by atoms with van der Waals surface area (Å²) in [6.45, 7) is 5.03. The Hall–Kier alpha value is -2.87. The number of ketones is 1. The maximum Gasteiger partial charge on any atom is 0.247 e. The Bertz CT molecular complexity index is 840. The second kappa shape index (κ2) is 6.94. The molecule has 1 aromatic heterocycles. The molecule has 2 heterocycles. The molecule has 1 aromatic carbocycles. The van der Waals surface area contributed by atoms with Crippen molar-refractivity contribution in [2.75, 3.05) is 13.1 Å². The summed E-state index contributed by atoms with van der Waals surface area (Å²) in [7, 11) is 0. The molecule has 0 aliphatic carbocycles. The fraction of sp³-hybridized carbons (Fsp3) is 0.350. The minimum absolute atomic E-state index is 0.366. The van der Waals surface area contributed by atoms with Crippen LogP contribution in [-0.2, 0) is 4.79 Å². The van der Waals surface area contributed by atoms with Crippen molar-refractivity contribution in [3.8, 4) is 11.8 Å². The molecule has 3 rings (SSSR count). The van der Waals surface area contributed by atoms with Gasteiger partial charge in [-0.05, 0) is 44.9 Å². The highest BCUT2D eigenvalue weighted by Gasteiger charge is 2.34. The predicted molar refractivity (Wildman–Crippen MR) is 94.5 cm³/mol. The van der Waals surface area contributed by atoms with E-state index in [1.54, 1.807) is 11.0 Å². The molecule has 1 aliphatic rings. The van der Waals surface area contributed by atoms with Crippen LogP contribution < -0.4 is 0 Å². The Balaban J connectivity index is 1.94. The number of rotatable bonds is 4. The first-order valence-electron chi connectivity index (χ1n) is 8.51. The first-order valence-corrected chi connectivity index (χ1v) is 8.51. The number of hydrogen-bond donors (Lipinski definition) is 0. The number of benzene rings is 1. The van der Waals surface area contributed by atoms with E-state index in [0.717, 1.165) is 29.9 Å². The number of nitrogens with zero attached hydrogens (tertiary/aromatic N) is 3. The molecule has 0 N–H and O–H groups in total. The molecule has 25 heavy (non-hydrogen) atoms. The van der Waals surface area contributed by atoms with Gasteiger partial charge in [0.25, 0.3) is 0 Å². The van der Waals surface area contributed by atoms with Crippen LogP contribution in [0.4, 0.5) is 0 Å². The van der Waals surface area contributed by atoms with Gasteiger partial charge in [0.15, 0.2) is 11.7 Å². The van der Waals surface area contributed by atoms with Gasteiger partial charge < -0.3 is 9.47 Å². The minimum atomic E-state index is -1.26. The number of hydrogen-bond acceptors (Lipinski definition) is 3. The van der Waals surface area contributed by atoms with Gasteiger partial charge in [0, 0.05) is 35.7 Å². The molecule has 0 bridgehead atoms. The first-order chi connectivity index (χ1) is 12.0. The average molecular weight is 335 g/mol. The van der Waals surface area contributed by atoms with E-state index in [9.17, 15) is 14.9 Å². The standard InChI is InChI=1S/C20H21N3O2/c1-14-12-17(15(2)23(14)16-8-4-3-5-9-16)19(24)18(13-21)20(25)22-10-6-7-11-22/h3-5,8-9,12,18H,6-7,10-11H2,1-2H3/t18-/m1/s1. The third-order valence-electron chi connectivity index (χ3n) is 4.77. The van der Waals surface area contributed by atoms with Crippen molar-refractivity contribution in [3.05, 3.63) is 53.3 Å². The zero-order chi connectivity index (χ0) is 18.0. The molecule has 0 spiro atoms. The molecule has 0 saturated carbocycles. The summed E-state index contributed by atoms with van der Waals surface area (Å²) in [5, 5.41) is 9.45. The van der Waals surface area contributed by atoms with Gasteiger partial charge in [-0.3, -0.25) is 9.59 Å². The van der Waals surface area contributed by atoms with E-state index in [1.165, 1.54) is 0 Å². The monoisotopic (exact) mass is 335 g/mol. The maximum atomic E-state index is 12.9. The summed E-state index contributed by atoms with van der Waals surface area (Å²) in [6, 6.07) is 13.4. The van der Waals surface area contributed by atoms with Gasteiger partial charge in [-0.25, -0.2) is 0 Å². The topological polar surface area (TPSA) is 66.1 Å². The summed E-state index contributed by atoms with van der Waals surface area (Å²) >= 11 is 0. The van der Waals surface area contributed by atoms with Crippen LogP contribution in [0.25, 0.3) is 5.69 Å². The van der Waals surface area contributed by atoms with Gasteiger partial charge in [-0.15, -0.1) is 0 Å². The smallest absolute Gasteiger partial charge is 0.247 e. The number of aromatic nitrogens is 1. The van der Waals surface area contributed by atoms with E-state index in [1.807, 2.05) is 54.8 Å². The van der Waals surface area contributed by atoms with Crippen LogP contribution in [-0.4, -0.2) is 34.2 Å².